The lowest BCUT2D eigenvalue weighted by Crippen LogP contribution is -2.22. The van der Waals surface area contributed by atoms with E-state index in [1.54, 1.807) is 0 Å². The van der Waals surface area contributed by atoms with Crippen LogP contribution in [0.3, 0.4) is 0 Å². The minimum absolute atomic E-state index is 0.440. The minimum atomic E-state index is 0.440. The number of hydrogen-bond donors (Lipinski definition) is 2. The first kappa shape index (κ1) is 13.6. The number of nitrogens with zero attached hydrogens (tertiary/aromatic N) is 1. The van der Waals surface area contributed by atoms with Crippen LogP contribution in [0.15, 0.2) is 28.9 Å². The highest BCUT2D eigenvalue weighted by Crippen LogP contribution is 2.29. The Hall–Kier alpha value is -0.840. The fraction of sp³-hybridized carbons (Fsp3) is 0.308. The van der Waals surface area contributed by atoms with Gasteiger partial charge in [-0.05, 0) is 12.1 Å². The number of halogens is 2. The molecular formula is C13H15BrClN3. The molecule has 2 aromatic rings. The van der Waals surface area contributed by atoms with Gasteiger partial charge in [0.1, 0.15) is 5.82 Å². The van der Waals surface area contributed by atoms with E-state index in [1.165, 1.54) is 0 Å². The predicted molar refractivity (Wildman–Crippen MR) is 78.7 cm³/mol. The van der Waals surface area contributed by atoms with Crippen LogP contribution >= 0.6 is 27.5 Å². The zero-order valence-corrected chi connectivity index (χ0v) is 12.6. The second-order valence-electron chi connectivity index (χ2n) is 4.40. The number of H-pyrrole nitrogens is 1. The fourth-order valence-electron chi connectivity index (χ4n) is 1.60. The largest absolute Gasteiger partial charge is 0.341 e. The van der Waals surface area contributed by atoms with Gasteiger partial charge >= 0.3 is 0 Å². The first-order valence-corrected chi connectivity index (χ1v) is 6.96. The standard InChI is InChI=1S/C13H15BrClN3/c1-8(2)16-7-13-17-6-12(18-13)10-4-3-9(14)5-11(10)15/h3-6,8,16H,7H2,1-2H3,(H,17,18). The Labute approximate surface area is 120 Å². The zero-order valence-electron chi connectivity index (χ0n) is 10.3. The third kappa shape index (κ3) is 3.34. The Kier molecular flexibility index (Phi) is 4.43. The summed E-state index contributed by atoms with van der Waals surface area (Å²) in [7, 11) is 0. The van der Waals surface area contributed by atoms with Crippen molar-refractivity contribution < 1.29 is 0 Å². The van der Waals surface area contributed by atoms with Gasteiger partial charge in [0.05, 0.1) is 23.5 Å². The van der Waals surface area contributed by atoms with E-state index < -0.39 is 0 Å². The molecule has 96 valence electrons. The first-order valence-electron chi connectivity index (χ1n) is 5.79. The van der Waals surface area contributed by atoms with Gasteiger partial charge in [0.2, 0.25) is 0 Å². The molecule has 18 heavy (non-hydrogen) atoms. The molecule has 0 spiro atoms. The van der Waals surface area contributed by atoms with E-state index in [0.29, 0.717) is 11.1 Å². The maximum Gasteiger partial charge on any atom is 0.120 e. The van der Waals surface area contributed by atoms with E-state index in [0.717, 1.165) is 28.1 Å². The molecule has 2 N–H and O–H groups in total. The Morgan fingerprint density at radius 1 is 1.44 bits per heavy atom. The fourth-order valence-corrected chi connectivity index (χ4v) is 2.37. The molecule has 1 aromatic carbocycles. The summed E-state index contributed by atoms with van der Waals surface area (Å²) in [5.41, 5.74) is 1.90. The summed E-state index contributed by atoms with van der Waals surface area (Å²) in [6, 6.07) is 6.26. The molecule has 3 nitrogen and oxygen atoms in total. The molecule has 1 heterocycles. The Morgan fingerprint density at radius 3 is 2.89 bits per heavy atom. The van der Waals surface area contributed by atoms with Crippen molar-refractivity contribution in [2.24, 2.45) is 0 Å². The number of aromatic amines is 1. The monoisotopic (exact) mass is 327 g/mol. The Morgan fingerprint density at radius 2 is 2.22 bits per heavy atom. The molecule has 0 bridgehead atoms. The SMILES string of the molecule is CC(C)NCc1ncc(-c2ccc(Br)cc2Cl)[nH]1. The van der Waals surface area contributed by atoms with E-state index in [1.807, 2.05) is 24.4 Å². The molecule has 0 aliphatic carbocycles. The number of nitrogens with one attached hydrogen (secondary N) is 2. The van der Waals surface area contributed by atoms with Crippen molar-refractivity contribution in [1.82, 2.24) is 15.3 Å². The van der Waals surface area contributed by atoms with E-state index in [-0.39, 0.29) is 0 Å². The maximum absolute atomic E-state index is 6.21. The smallest absolute Gasteiger partial charge is 0.120 e. The quantitative estimate of drug-likeness (QED) is 0.891. The van der Waals surface area contributed by atoms with Crippen molar-refractivity contribution >= 4 is 27.5 Å². The number of benzene rings is 1. The summed E-state index contributed by atoms with van der Waals surface area (Å²) in [6.45, 7) is 4.94. The molecular weight excluding hydrogens is 314 g/mol. The van der Waals surface area contributed by atoms with Gasteiger partial charge in [-0.2, -0.15) is 0 Å². The normalized spacial score (nSPS) is 11.2. The lowest BCUT2D eigenvalue weighted by molar-refractivity contribution is 0.575. The van der Waals surface area contributed by atoms with Crippen molar-refractivity contribution in [2.75, 3.05) is 0 Å². The van der Waals surface area contributed by atoms with Crippen LogP contribution < -0.4 is 5.32 Å². The van der Waals surface area contributed by atoms with Gasteiger partial charge in [-0.15, -0.1) is 0 Å². The van der Waals surface area contributed by atoms with Crippen molar-refractivity contribution in [3.8, 4) is 11.3 Å². The summed E-state index contributed by atoms with van der Waals surface area (Å²) in [5.74, 6) is 0.915. The summed E-state index contributed by atoms with van der Waals surface area (Å²) in [5, 5.41) is 4.02. The zero-order chi connectivity index (χ0) is 13.1. The summed E-state index contributed by atoms with van der Waals surface area (Å²) in [6.07, 6.45) is 1.81. The lowest BCUT2D eigenvalue weighted by Gasteiger charge is -2.05. The molecule has 0 radical (unpaired) electrons. The molecule has 0 atom stereocenters. The molecule has 0 amide bonds. The van der Waals surface area contributed by atoms with Crippen LogP contribution in [0.1, 0.15) is 19.7 Å². The molecule has 0 saturated heterocycles. The van der Waals surface area contributed by atoms with Crippen LogP contribution in [0.4, 0.5) is 0 Å². The van der Waals surface area contributed by atoms with Crippen molar-refractivity contribution in [3.05, 3.63) is 39.7 Å². The summed E-state index contributed by atoms with van der Waals surface area (Å²) < 4.78 is 0.970. The van der Waals surface area contributed by atoms with E-state index >= 15 is 0 Å². The molecule has 1 aromatic heterocycles. The lowest BCUT2D eigenvalue weighted by atomic mass is 10.2. The second kappa shape index (κ2) is 5.87. The number of hydrogen-bond acceptors (Lipinski definition) is 2. The third-order valence-corrected chi connectivity index (χ3v) is 3.33. The molecule has 0 fully saturated rings. The highest BCUT2D eigenvalue weighted by Gasteiger charge is 2.07. The summed E-state index contributed by atoms with van der Waals surface area (Å²) >= 11 is 9.60. The topological polar surface area (TPSA) is 40.7 Å². The van der Waals surface area contributed by atoms with E-state index in [4.69, 9.17) is 11.6 Å². The number of rotatable bonds is 4. The highest BCUT2D eigenvalue weighted by molar-refractivity contribution is 9.10. The van der Waals surface area contributed by atoms with Gasteiger partial charge < -0.3 is 10.3 Å². The highest BCUT2D eigenvalue weighted by atomic mass is 79.9. The number of imidazole rings is 1. The maximum atomic E-state index is 6.21. The van der Waals surface area contributed by atoms with Crippen LogP contribution in [0.2, 0.25) is 5.02 Å². The third-order valence-electron chi connectivity index (χ3n) is 2.53. The molecule has 2 rings (SSSR count). The average molecular weight is 329 g/mol. The molecule has 0 aliphatic rings. The van der Waals surface area contributed by atoms with Crippen LogP contribution in [0.25, 0.3) is 11.3 Å². The van der Waals surface area contributed by atoms with Gasteiger partial charge in [0, 0.05) is 16.1 Å². The van der Waals surface area contributed by atoms with Crippen LogP contribution in [-0.4, -0.2) is 16.0 Å². The van der Waals surface area contributed by atoms with Gasteiger partial charge in [-0.1, -0.05) is 47.4 Å². The molecule has 0 aliphatic heterocycles. The molecule has 5 heteroatoms. The van der Waals surface area contributed by atoms with Crippen LogP contribution in [-0.2, 0) is 6.54 Å². The van der Waals surface area contributed by atoms with Crippen molar-refractivity contribution in [2.45, 2.75) is 26.4 Å². The van der Waals surface area contributed by atoms with Crippen LogP contribution in [0.5, 0.6) is 0 Å². The van der Waals surface area contributed by atoms with Crippen LogP contribution in [0, 0.1) is 0 Å². The second-order valence-corrected chi connectivity index (χ2v) is 5.73. The first-order chi connectivity index (χ1) is 8.56. The average Bonchev–Trinajstić information content (AvgIpc) is 2.75. The van der Waals surface area contributed by atoms with Gasteiger partial charge in [-0.3, -0.25) is 0 Å². The van der Waals surface area contributed by atoms with Gasteiger partial charge in [-0.25, -0.2) is 4.98 Å². The van der Waals surface area contributed by atoms with E-state index in [9.17, 15) is 0 Å². The minimum Gasteiger partial charge on any atom is -0.341 e. The molecule has 0 saturated carbocycles. The Balaban J connectivity index is 2.18. The van der Waals surface area contributed by atoms with E-state index in [2.05, 4.69) is 45.1 Å². The molecule has 0 unspecified atom stereocenters. The van der Waals surface area contributed by atoms with Gasteiger partial charge in [0.25, 0.3) is 0 Å². The van der Waals surface area contributed by atoms with Gasteiger partial charge in [0.15, 0.2) is 0 Å². The number of aromatic nitrogens is 2. The van der Waals surface area contributed by atoms with Crippen molar-refractivity contribution in [1.29, 1.82) is 0 Å². The predicted octanol–water partition coefficient (Wildman–Crippen LogP) is 3.99. The Bertz CT molecular complexity index is 537. The van der Waals surface area contributed by atoms with Crippen molar-refractivity contribution in [3.63, 3.8) is 0 Å². The summed E-state index contributed by atoms with van der Waals surface area (Å²) in [4.78, 5) is 7.61.